The van der Waals surface area contributed by atoms with Crippen molar-refractivity contribution in [3.8, 4) is 5.75 Å². The van der Waals surface area contributed by atoms with Gasteiger partial charge in [-0.3, -0.25) is 0 Å². The van der Waals surface area contributed by atoms with Gasteiger partial charge >= 0.3 is 0 Å². The van der Waals surface area contributed by atoms with Crippen LogP contribution in [0.25, 0.3) is 0 Å². The SMILES string of the molecule is C/C=C/[C@]1(O)CC[C@H]2[C@@H]3CCc4cc(O)ccc4[C@H]3CC[C@@]21C. The van der Waals surface area contributed by atoms with Crippen molar-refractivity contribution in [2.75, 3.05) is 0 Å². The molecular formula is C21H28O2. The molecule has 2 nitrogen and oxygen atoms in total. The first kappa shape index (κ1) is 15.3. The lowest BCUT2D eigenvalue weighted by Gasteiger charge is -2.52. The smallest absolute Gasteiger partial charge is 0.115 e. The summed E-state index contributed by atoms with van der Waals surface area (Å²) in [4.78, 5) is 0. The third-order valence-corrected chi connectivity index (χ3v) is 7.37. The predicted octanol–water partition coefficient (Wildman–Crippen LogP) is 4.56. The molecule has 0 spiro atoms. The number of fused-ring (bicyclic) bond motifs is 5. The molecule has 124 valence electrons. The van der Waals surface area contributed by atoms with Crippen LogP contribution in [-0.4, -0.2) is 15.8 Å². The van der Waals surface area contributed by atoms with Crippen molar-refractivity contribution in [2.45, 2.75) is 63.9 Å². The van der Waals surface area contributed by atoms with Gasteiger partial charge in [0.1, 0.15) is 5.75 Å². The Balaban J connectivity index is 1.70. The van der Waals surface area contributed by atoms with Crippen LogP contribution in [0.4, 0.5) is 0 Å². The Hall–Kier alpha value is -1.28. The van der Waals surface area contributed by atoms with Crippen molar-refractivity contribution in [3.05, 3.63) is 41.5 Å². The maximum absolute atomic E-state index is 11.2. The van der Waals surface area contributed by atoms with E-state index < -0.39 is 5.60 Å². The molecule has 0 radical (unpaired) electrons. The molecule has 23 heavy (non-hydrogen) atoms. The maximum atomic E-state index is 11.2. The second-order valence-corrected chi connectivity index (χ2v) is 8.22. The fourth-order valence-electron chi connectivity index (χ4n) is 6.17. The highest BCUT2D eigenvalue weighted by Gasteiger charge is 2.60. The van der Waals surface area contributed by atoms with Gasteiger partial charge in [-0.25, -0.2) is 0 Å². The highest BCUT2D eigenvalue weighted by molar-refractivity contribution is 5.40. The van der Waals surface area contributed by atoms with Crippen LogP contribution in [0.3, 0.4) is 0 Å². The summed E-state index contributed by atoms with van der Waals surface area (Å²) in [7, 11) is 0. The quantitative estimate of drug-likeness (QED) is 0.747. The number of hydrogen-bond acceptors (Lipinski definition) is 2. The Morgan fingerprint density at radius 2 is 2.00 bits per heavy atom. The number of aryl methyl sites for hydroxylation is 1. The first-order valence-electron chi connectivity index (χ1n) is 9.16. The molecule has 2 saturated carbocycles. The summed E-state index contributed by atoms with van der Waals surface area (Å²) in [5.74, 6) is 2.31. The van der Waals surface area contributed by atoms with E-state index in [1.807, 2.05) is 25.1 Å². The van der Waals surface area contributed by atoms with Crippen LogP contribution in [0.2, 0.25) is 0 Å². The Kier molecular flexibility index (Phi) is 3.39. The summed E-state index contributed by atoms with van der Waals surface area (Å²) in [5, 5.41) is 21.0. The highest BCUT2D eigenvalue weighted by atomic mass is 16.3. The standard InChI is InChI=1S/C21H28O2/c1-3-10-21(23)12-9-19-18-6-4-14-13-15(22)5-7-16(14)17(18)8-11-20(19,21)2/h3,5,7,10,13,17-19,22-23H,4,6,8-9,11-12H2,1-2H3/b10-3+/t17-,18-,19+,20+,21+/m1/s1. The van der Waals surface area contributed by atoms with E-state index in [0.717, 1.165) is 32.1 Å². The zero-order valence-electron chi connectivity index (χ0n) is 14.3. The van der Waals surface area contributed by atoms with E-state index in [0.29, 0.717) is 23.5 Å². The second-order valence-electron chi connectivity index (χ2n) is 8.22. The summed E-state index contributed by atoms with van der Waals surface area (Å²) >= 11 is 0. The van der Waals surface area contributed by atoms with Crippen LogP contribution in [0.1, 0.15) is 63.0 Å². The molecular weight excluding hydrogens is 284 g/mol. The molecule has 0 aromatic heterocycles. The van der Waals surface area contributed by atoms with E-state index in [1.54, 1.807) is 0 Å². The third-order valence-electron chi connectivity index (χ3n) is 7.37. The number of phenolic OH excluding ortho intramolecular Hbond substituents is 1. The number of rotatable bonds is 1. The van der Waals surface area contributed by atoms with Crippen LogP contribution >= 0.6 is 0 Å². The average molecular weight is 312 g/mol. The van der Waals surface area contributed by atoms with Crippen LogP contribution in [-0.2, 0) is 6.42 Å². The van der Waals surface area contributed by atoms with Gasteiger partial charge in [-0.15, -0.1) is 0 Å². The van der Waals surface area contributed by atoms with E-state index in [9.17, 15) is 10.2 Å². The molecule has 0 amide bonds. The monoisotopic (exact) mass is 312 g/mol. The van der Waals surface area contributed by atoms with E-state index >= 15 is 0 Å². The van der Waals surface area contributed by atoms with E-state index in [4.69, 9.17) is 0 Å². The fraction of sp³-hybridized carbons (Fsp3) is 0.619. The topological polar surface area (TPSA) is 40.5 Å². The molecule has 5 atom stereocenters. The first-order valence-corrected chi connectivity index (χ1v) is 9.16. The Bertz CT molecular complexity index is 649. The molecule has 1 aromatic rings. The fourth-order valence-corrected chi connectivity index (χ4v) is 6.17. The van der Waals surface area contributed by atoms with Crippen molar-refractivity contribution in [1.82, 2.24) is 0 Å². The van der Waals surface area contributed by atoms with Crippen molar-refractivity contribution in [3.63, 3.8) is 0 Å². The molecule has 3 aliphatic rings. The molecule has 4 rings (SSSR count). The molecule has 2 N–H and O–H groups in total. The molecule has 0 unspecified atom stereocenters. The van der Waals surface area contributed by atoms with Gasteiger partial charge < -0.3 is 10.2 Å². The number of benzene rings is 1. The molecule has 3 aliphatic carbocycles. The van der Waals surface area contributed by atoms with Crippen molar-refractivity contribution < 1.29 is 10.2 Å². The van der Waals surface area contributed by atoms with Gasteiger partial charge in [-0.2, -0.15) is 0 Å². The lowest BCUT2D eigenvalue weighted by atomic mass is 9.53. The van der Waals surface area contributed by atoms with Crippen LogP contribution in [0.15, 0.2) is 30.4 Å². The molecule has 0 bridgehead atoms. The Labute approximate surface area is 139 Å². The van der Waals surface area contributed by atoms with Gasteiger partial charge in [0.2, 0.25) is 0 Å². The Morgan fingerprint density at radius 1 is 1.17 bits per heavy atom. The van der Waals surface area contributed by atoms with E-state index in [1.165, 1.54) is 17.5 Å². The molecule has 0 heterocycles. The lowest BCUT2D eigenvalue weighted by molar-refractivity contribution is -0.0710. The number of allylic oxidation sites excluding steroid dienone is 1. The summed E-state index contributed by atoms with van der Waals surface area (Å²) in [6.07, 6.45) is 10.7. The van der Waals surface area contributed by atoms with Crippen LogP contribution < -0.4 is 0 Å². The predicted molar refractivity (Wildman–Crippen MR) is 92.5 cm³/mol. The number of aromatic hydroxyl groups is 1. The second kappa shape index (κ2) is 5.11. The van der Waals surface area contributed by atoms with Gasteiger partial charge in [0.05, 0.1) is 5.60 Å². The van der Waals surface area contributed by atoms with Crippen LogP contribution in [0, 0.1) is 17.3 Å². The lowest BCUT2D eigenvalue weighted by Crippen LogP contribution is -2.49. The summed E-state index contributed by atoms with van der Waals surface area (Å²) in [6.45, 7) is 4.34. The number of phenols is 1. The zero-order valence-corrected chi connectivity index (χ0v) is 14.3. The Morgan fingerprint density at radius 3 is 2.78 bits per heavy atom. The largest absolute Gasteiger partial charge is 0.508 e. The molecule has 2 fully saturated rings. The van der Waals surface area contributed by atoms with E-state index in [2.05, 4.69) is 19.1 Å². The van der Waals surface area contributed by atoms with Crippen molar-refractivity contribution >= 4 is 0 Å². The third kappa shape index (κ3) is 2.04. The number of aliphatic hydroxyl groups is 1. The summed E-state index contributed by atoms with van der Waals surface area (Å²) in [6, 6.07) is 5.96. The van der Waals surface area contributed by atoms with E-state index in [-0.39, 0.29) is 5.41 Å². The van der Waals surface area contributed by atoms with Gasteiger partial charge in [0, 0.05) is 5.41 Å². The van der Waals surface area contributed by atoms with Crippen molar-refractivity contribution in [1.29, 1.82) is 0 Å². The minimum atomic E-state index is -0.618. The number of hydrogen-bond donors (Lipinski definition) is 2. The highest BCUT2D eigenvalue weighted by Crippen LogP contribution is 2.64. The average Bonchev–Trinajstić information content (AvgIpc) is 2.79. The van der Waals surface area contributed by atoms with Gasteiger partial charge in [-0.1, -0.05) is 25.1 Å². The minimum Gasteiger partial charge on any atom is -0.508 e. The normalized spacial score (nSPS) is 42.3. The molecule has 2 heteroatoms. The molecule has 0 saturated heterocycles. The summed E-state index contributed by atoms with van der Waals surface area (Å²) in [5.41, 5.74) is 2.21. The van der Waals surface area contributed by atoms with Gasteiger partial charge in [0.15, 0.2) is 0 Å². The van der Waals surface area contributed by atoms with Gasteiger partial charge in [-0.05, 0) is 86.5 Å². The summed E-state index contributed by atoms with van der Waals surface area (Å²) < 4.78 is 0. The molecule has 1 aromatic carbocycles. The maximum Gasteiger partial charge on any atom is 0.115 e. The minimum absolute atomic E-state index is 0.0229. The van der Waals surface area contributed by atoms with Crippen molar-refractivity contribution in [2.24, 2.45) is 17.3 Å². The molecule has 0 aliphatic heterocycles. The van der Waals surface area contributed by atoms with Gasteiger partial charge in [0.25, 0.3) is 0 Å². The van der Waals surface area contributed by atoms with Crippen LogP contribution in [0.5, 0.6) is 5.75 Å². The zero-order chi connectivity index (χ0) is 16.2. The first-order chi connectivity index (χ1) is 11.0.